The normalized spacial score (nSPS) is 16.1. The third-order valence-electron chi connectivity index (χ3n) is 4.88. The Morgan fingerprint density at radius 3 is 2.52 bits per heavy atom. The molecule has 0 bridgehead atoms. The zero-order valence-electron chi connectivity index (χ0n) is 16.6. The molecule has 1 aliphatic carbocycles. The van der Waals surface area contributed by atoms with E-state index >= 15 is 0 Å². The van der Waals surface area contributed by atoms with Crippen LogP contribution in [0.4, 0.5) is 0 Å². The third kappa shape index (κ3) is 7.09. The van der Waals surface area contributed by atoms with Crippen molar-refractivity contribution in [3.63, 3.8) is 0 Å². The van der Waals surface area contributed by atoms with Crippen molar-refractivity contribution < 1.29 is 19.1 Å². The molecule has 156 valence electrons. The van der Waals surface area contributed by atoms with Crippen LogP contribution in [0.15, 0.2) is 30.3 Å². The lowest BCUT2D eigenvalue weighted by Crippen LogP contribution is -2.50. The number of nitriles is 1. The monoisotopic (exact) mass is 417 g/mol. The molecule has 0 spiro atoms. The van der Waals surface area contributed by atoms with Crippen LogP contribution in [-0.2, 0) is 14.3 Å². The van der Waals surface area contributed by atoms with Crippen molar-refractivity contribution in [2.24, 2.45) is 0 Å². The summed E-state index contributed by atoms with van der Waals surface area (Å²) >= 11 is 1.55. The molecule has 0 unspecified atom stereocenters. The quantitative estimate of drug-likeness (QED) is 0.598. The van der Waals surface area contributed by atoms with Crippen molar-refractivity contribution in [3.05, 3.63) is 35.9 Å². The maximum atomic E-state index is 12.5. The Morgan fingerprint density at radius 1 is 1.21 bits per heavy atom. The van der Waals surface area contributed by atoms with E-state index in [4.69, 9.17) is 4.74 Å². The second kappa shape index (κ2) is 11.5. The number of benzene rings is 1. The summed E-state index contributed by atoms with van der Waals surface area (Å²) in [6.45, 7) is -0.473. The molecule has 1 fully saturated rings. The maximum absolute atomic E-state index is 12.5. The van der Waals surface area contributed by atoms with E-state index in [0.29, 0.717) is 30.6 Å². The van der Waals surface area contributed by atoms with E-state index in [1.807, 2.05) is 6.26 Å². The van der Waals surface area contributed by atoms with Crippen LogP contribution in [0.5, 0.6) is 0 Å². The molecule has 29 heavy (non-hydrogen) atoms. The zero-order chi connectivity index (χ0) is 21.1. The number of ether oxygens (including phenoxy) is 1. The van der Waals surface area contributed by atoms with Crippen LogP contribution in [0.1, 0.15) is 48.9 Å². The van der Waals surface area contributed by atoms with Crippen molar-refractivity contribution in [2.45, 2.75) is 50.1 Å². The number of carbonyl (C=O) groups excluding carboxylic acids is 3. The summed E-state index contributed by atoms with van der Waals surface area (Å²) in [5.74, 6) is -0.879. The van der Waals surface area contributed by atoms with Gasteiger partial charge < -0.3 is 15.4 Å². The van der Waals surface area contributed by atoms with Gasteiger partial charge in [0, 0.05) is 5.56 Å². The Hall–Kier alpha value is -2.53. The van der Waals surface area contributed by atoms with E-state index < -0.39 is 30.1 Å². The van der Waals surface area contributed by atoms with Gasteiger partial charge >= 0.3 is 5.97 Å². The first kappa shape index (κ1) is 22.8. The molecule has 0 saturated heterocycles. The summed E-state index contributed by atoms with van der Waals surface area (Å²) in [5, 5.41) is 14.8. The Labute approximate surface area is 175 Å². The summed E-state index contributed by atoms with van der Waals surface area (Å²) in [6.07, 6.45) is 6.32. The molecule has 7 nitrogen and oxygen atoms in total. The molecule has 2 N–H and O–H groups in total. The molecular weight excluding hydrogens is 390 g/mol. The number of thioether (sulfide) groups is 1. The van der Waals surface area contributed by atoms with Gasteiger partial charge in [0.2, 0.25) is 0 Å². The first-order valence-corrected chi connectivity index (χ1v) is 11.1. The minimum Gasteiger partial charge on any atom is -0.454 e. The molecule has 0 radical (unpaired) electrons. The minimum absolute atomic E-state index is 0.372. The number of nitrogens with one attached hydrogen (secondary N) is 2. The molecule has 0 aromatic heterocycles. The van der Waals surface area contributed by atoms with Gasteiger partial charge in [-0.15, -0.1) is 0 Å². The maximum Gasteiger partial charge on any atom is 0.329 e. The van der Waals surface area contributed by atoms with Crippen LogP contribution < -0.4 is 10.6 Å². The van der Waals surface area contributed by atoms with E-state index in [9.17, 15) is 19.6 Å². The van der Waals surface area contributed by atoms with Crippen molar-refractivity contribution >= 4 is 29.5 Å². The number of esters is 1. The van der Waals surface area contributed by atoms with Gasteiger partial charge in [0.1, 0.15) is 11.6 Å². The van der Waals surface area contributed by atoms with E-state index in [1.54, 1.807) is 42.1 Å². The molecule has 1 aromatic carbocycles. The Morgan fingerprint density at radius 2 is 1.90 bits per heavy atom. The van der Waals surface area contributed by atoms with E-state index in [0.717, 1.165) is 19.3 Å². The van der Waals surface area contributed by atoms with Gasteiger partial charge in [-0.1, -0.05) is 37.5 Å². The van der Waals surface area contributed by atoms with E-state index in [-0.39, 0.29) is 5.91 Å². The fourth-order valence-electron chi connectivity index (χ4n) is 3.28. The molecule has 1 aromatic rings. The van der Waals surface area contributed by atoms with Crippen LogP contribution in [0, 0.1) is 11.3 Å². The molecule has 1 saturated carbocycles. The SMILES string of the molecule is CSCC[C@@H](NC(=O)c1ccccc1)C(=O)OCC(=O)NC1(C#N)CCCCC1. The van der Waals surface area contributed by atoms with E-state index in [2.05, 4.69) is 16.7 Å². The van der Waals surface area contributed by atoms with E-state index in [1.165, 1.54) is 0 Å². The lowest BCUT2D eigenvalue weighted by atomic mass is 9.83. The highest BCUT2D eigenvalue weighted by atomic mass is 32.2. The number of rotatable bonds is 9. The van der Waals surface area contributed by atoms with Crippen LogP contribution in [0.2, 0.25) is 0 Å². The van der Waals surface area contributed by atoms with Crippen LogP contribution in [0.25, 0.3) is 0 Å². The van der Waals surface area contributed by atoms with Gasteiger partial charge in [-0.3, -0.25) is 9.59 Å². The summed E-state index contributed by atoms with van der Waals surface area (Å²) < 4.78 is 5.15. The van der Waals surface area contributed by atoms with Crippen molar-refractivity contribution in [3.8, 4) is 6.07 Å². The number of nitrogens with zero attached hydrogens (tertiary/aromatic N) is 1. The predicted molar refractivity (Wildman–Crippen MR) is 111 cm³/mol. The zero-order valence-corrected chi connectivity index (χ0v) is 17.4. The molecule has 8 heteroatoms. The largest absolute Gasteiger partial charge is 0.454 e. The number of carbonyl (C=O) groups is 3. The average Bonchev–Trinajstić information content (AvgIpc) is 2.76. The van der Waals surface area contributed by atoms with Crippen LogP contribution in [0.3, 0.4) is 0 Å². The average molecular weight is 418 g/mol. The second-order valence-electron chi connectivity index (χ2n) is 7.08. The fraction of sp³-hybridized carbons (Fsp3) is 0.524. The van der Waals surface area contributed by atoms with Gasteiger partial charge in [-0.2, -0.15) is 17.0 Å². The van der Waals surface area contributed by atoms with Gasteiger partial charge in [-0.05, 0) is 43.4 Å². The first-order valence-electron chi connectivity index (χ1n) is 9.73. The van der Waals surface area contributed by atoms with Gasteiger partial charge in [0.25, 0.3) is 11.8 Å². The Balaban J connectivity index is 1.90. The van der Waals surface area contributed by atoms with Gasteiger partial charge in [-0.25, -0.2) is 4.79 Å². The third-order valence-corrected chi connectivity index (χ3v) is 5.53. The summed E-state index contributed by atoms with van der Waals surface area (Å²) in [7, 11) is 0. The summed E-state index contributed by atoms with van der Waals surface area (Å²) in [6, 6.07) is 9.95. The number of hydrogen-bond acceptors (Lipinski definition) is 6. The highest BCUT2D eigenvalue weighted by Gasteiger charge is 2.34. The first-order chi connectivity index (χ1) is 14.0. The number of amides is 2. The minimum atomic E-state index is -0.873. The molecule has 2 amide bonds. The van der Waals surface area contributed by atoms with Crippen LogP contribution in [-0.4, -0.2) is 48.0 Å². The van der Waals surface area contributed by atoms with Crippen LogP contribution >= 0.6 is 11.8 Å². The van der Waals surface area contributed by atoms with Gasteiger partial charge in [0.15, 0.2) is 6.61 Å². The van der Waals surface area contributed by atoms with Gasteiger partial charge in [0.05, 0.1) is 6.07 Å². The second-order valence-corrected chi connectivity index (χ2v) is 8.07. The van der Waals surface area contributed by atoms with Crippen molar-refractivity contribution in [1.82, 2.24) is 10.6 Å². The predicted octanol–water partition coefficient (Wildman–Crippen LogP) is 2.42. The molecule has 0 heterocycles. The standard InChI is InChI=1S/C21H27N3O4S/c1-29-13-10-17(23-19(26)16-8-4-2-5-9-16)20(27)28-14-18(25)24-21(15-22)11-6-3-7-12-21/h2,4-5,8-9,17H,3,6-7,10-14H2,1H3,(H,23,26)(H,24,25)/t17-/m1/s1. The molecule has 0 aliphatic heterocycles. The molecule has 2 rings (SSSR count). The Kier molecular flexibility index (Phi) is 9.00. The lowest BCUT2D eigenvalue weighted by Gasteiger charge is -2.31. The van der Waals surface area contributed by atoms with Crippen molar-refractivity contribution in [2.75, 3.05) is 18.6 Å². The molecule has 1 atom stereocenters. The van der Waals surface area contributed by atoms with Crippen molar-refractivity contribution in [1.29, 1.82) is 5.26 Å². The molecule has 1 aliphatic rings. The summed E-state index contributed by atoms with van der Waals surface area (Å²) in [5.41, 5.74) is -0.429. The highest BCUT2D eigenvalue weighted by molar-refractivity contribution is 7.98. The Bertz CT molecular complexity index is 742. The topological polar surface area (TPSA) is 108 Å². The number of hydrogen-bond donors (Lipinski definition) is 2. The lowest BCUT2D eigenvalue weighted by molar-refractivity contribution is -0.150. The summed E-state index contributed by atoms with van der Waals surface area (Å²) in [4.78, 5) is 37.1. The highest BCUT2D eigenvalue weighted by Crippen LogP contribution is 2.27. The molecular formula is C21H27N3O4S. The fourth-order valence-corrected chi connectivity index (χ4v) is 3.75. The smallest absolute Gasteiger partial charge is 0.329 e.